The maximum Gasteiger partial charge on any atom is 0.335 e. The molecule has 6 aromatic rings. The van der Waals surface area contributed by atoms with Gasteiger partial charge in [-0.1, -0.05) is 30.3 Å². The number of nitrogens with zero attached hydrogens (tertiary/aromatic N) is 4. The van der Waals surface area contributed by atoms with E-state index in [0.717, 1.165) is 59.9 Å². The molecule has 254 valence electrons. The van der Waals surface area contributed by atoms with Crippen molar-refractivity contribution in [2.24, 2.45) is 0 Å². The molecule has 4 heterocycles. The van der Waals surface area contributed by atoms with Crippen LogP contribution in [0, 0.1) is 17.4 Å². The molecule has 13 heteroatoms. The minimum absolute atomic E-state index is 0.200. The van der Waals surface area contributed by atoms with E-state index in [2.05, 4.69) is 127 Å². The lowest BCUT2D eigenvalue weighted by Crippen LogP contribution is -2.24. The molecule has 2 atom stereocenters. The molecule has 2 unspecified atom stereocenters. The summed E-state index contributed by atoms with van der Waals surface area (Å²) >= 11 is 0.872. The molecule has 0 aliphatic carbocycles. The number of oxazole rings is 2. The number of fused-ring (bicyclic) bond motifs is 4. The van der Waals surface area contributed by atoms with Crippen LogP contribution in [0.3, 0.4) is 0 Å². The van der Waals surface area contributed by atoms with E-state index < -0.39 is 23.1 Å². The lowest BCUT2D eigenvalue weighted by molar-refractivity contribution is 0.466. The van der Waals surface area contributed by atoms with Crippen molar-refractivity contribution in [1.29, 1.82) is 0 Å². The first-order valence-electron chi connectivity index (χ1n) is 15.7. The lowest BCUT2D eigenvalue weighted by atomic mass is 10.1. The highest BCUT2D eigenvalue weighted by Crippen LogP contribution is 2.42. The topological polar surface area (TPSA) is 127 Å². The zero-order valence-corrected chi connectivity index (χ0v) is 31.2. The van der Waals surface area contributed by atoms with Crippen molar-refractivity contribution in [3.63, 3.8) is 0 Å². The van der Waals surface area contributed by atoms with E-state index in [1.54, 1.807) is 0 Å². The van der Waals surface area contributed by atoms with Crippen LogP contribution in [0.5, 0.6) is 0 Å². The summed E-state index contributed by atoms with van der Waals surface area (Å²) in [7, 11) is 0. The second-order valence-corrected chi connectivity index (χ2v) is 13.1. The quantitative estimate of drug-likeness (QED) is 0.163. The number of aryl methyl sites for hydroxylation is 2. The number of para-hydroxylation sites is 1. The van der Waals surface area contributed by atoms with Crippen molar-refractivity contribution in [2.45, 2.75) is 52.6 Å². The molecule has 0 radical (unpaired) electrons. The van der Waals surface area contributed by atoms with E-state index in [-0.39, 0.29) is 12.1 Å². The Hall–Kier alpha value is -4.21. The second-order valence-electron chi connectivity index (χ2n) is 11.6. The van der Waals surface area contributed by atoms with Crippen LogP contribution in [0.2, 0.25) is 0 Å². The van der Waals surface area contributed by atoms with Crippen LogP contribution in [-0.4, -0.2) is 39.9 Å². The van der Waals surface area contributed by atoms with Crippen LogP contribution in [0.25, 0.3) is 22.2 Å². The van der Waals surface area contributed by atoms with Gasteiger partial charge in [0.1, 0.15) is 23.1 Å². The van der Waals surface area contributed by atoms with Crippen LogP contribution in [0.4, 0.5) is 11.4 Å². The van der Waals surface area contributed by atoms with Crippen LogP contribution in [-0.2, 0) is 36.0 Å². The first kappa shape index (κ1) is 36.1. The summed E-state index contributed by atoms with van der Waals surface area (Å²) in [5.74, 6) is 1.65. The highest BCUT2D eigenvalue weighted by atomic mass is 127. The maximum absolute atomic E-state index is 8.29. The summed E-state index contributed by atoms with van der Waals surface area (Å²) in [4.78, 5) is 14.3. The van der Waals surface area contributed by atoms with Gasteiger partial charge in [0.05, 0.1) is 0 Å². The van der Waals surface area contributed by atoms with E-state index in [9.17, 15) is 0 Å². The fourth-order valence-corrected chi connectivity index (χ4v) is 7.11. The molecular formula is C36H35IN4O6S2. The third kappa shape index (κ3) is 8.00. The van der Waals surface area contributed by atoms with Crippen LogP contribution in [0.1, 0.15) is 60.0 Å². The van der Waals surface area contributed by atoms with E-state index >= 15 is 0 Å². The van der Waals surface area contributed by atoms with Gasteiger partial charge >= 0.3 is 23.1 Å². The highest BCUT2D eigenvalue weighted by Gasteiger charge is 2.34. The zero-order chi connectivity index (χ0) is 35.1. The van der Waals surface area contributed by atoms with Gasteiger partial charge in [0.15, 0.2) is 11.2 Å². The van der Waals surface area contributed by atoms with Crippen molar-refractivity contribution in [2.75, 3.05) is 22.9 Å². The molecule has 49 heavy (non-hydrogen) atoms. The fraction of sp³-hybridized carbons (Fsp3) is 0.278. The molecule has 2 aliphatic heterocycles. The molecule has 0 amide bonds. The summed E-state index contributed by atoms with van der Waals surface area (Å²) < 4.78 is 46.5. The molecule has 0 saturated carbocycles. The summed E-state index contributed by atoms with van der Waals surface area (Å²) in [5.41, 5.74) is 11.5. The molecule has 0 N–H and O–H groups in total. The Kier molecular flexibility index (Phi) is 12.1. The standard InChI is InChI=1S/C18H17IN2O.C18H18N2O.2O2S/c1-3-21-15-6-5-13(19)9-12(15)10-16(21)18-20-14-8-11(2)4-7-17(14)22-18;1-3-20-15-7-5-4-6-13(15)11-16(20)18-19-14-10-12(2)8-9-17(14)21-18;2*1-3-2/h4-9,16H,3,10H2,1-2H3;4-10,16H,3,11H2,1-2H3;;. The van der Waals surface area contributed by atoms with Gasteiger partial charge in [0.25, 0.3) is 0 Å². The number of hydrogen-bond acceptors (Lipinski definition) is 10. The predicted octanol–water partition coefficient (Wildman–Crippen LogP) is 7.78. The number of benzene rings is 4. The Morgan fingerprint density at radius 2 is 1.14 bits per heavy atom. The number of likely N-dealkylation sites (N-methyl/N-ethyl adjacent to an activating group) is 2. The average Bonchev–Trinajstić information content (AvgIpc) is 3.86. The van der Waals surface area contributed by atoms with E-state index in [1.807, 2.05) is 12.1 Å². The van der Waals surface area contributed by atoms with E-state index in [4.69, 9.17) is 35.6 Å². The number of hydrogen-bond donors (Lipinski definition) is 0. The molecule has 8 rings (SSSR count). The van der Waals surface area contributed by atoms with Crippen molar-refractivity contribution in [1.82, 2.24) is 9.97 Å². The Bertz CT molecular complexity index is 2140. The molecule has 0 fully saturated rings. The summed E-state index contributed by atoms with van der Waals surface area (Å²) in [6, 6.07) is 28.0. The van der Waals surface area contributed by atoms with E-state index in [1.165, 1.54) is 37.2 Å². The van der Waals surface area contributed by atoms with Gasteiger partial charge < -0.3 is 18.6 Å². The molecule has 2 aromatic heterocycles. The molecule has 10 nitrogen and oxygen atoms in total. The first-order chi connectivity index (χ1) is 23.7. The molecule has 0 saturated heterocycles. The second kappa shape index (κ2) is 16.5. The summed E-state index contributed by atoms with van der Waals surface area (Å²) in [6.45, 7) is 10.4. The van der Waals surface area contributed by atoms with Crippen molar-refractivity contribution >= 4 is 79.3 Å². The molecule has 4 aromatic carbocycles. The van der Waals surface area contributed by atoms with Gasteiger partial charge in [-0.25, -0.2) is 9.97 Å². The number of rotatable bonds is 4. The van der Waals surface area contributed by atoms with Crippen LogP contribution < -0.4 is 9.80 Å². The lowest BCUT2D eigenvalue weighted by Gasteiger charge is -2.23. The summed E-state index contributed by atoms with van der Waals surface area (Å²) in [5, 5.41) is 0. The van der Waals surface area contributed by atoms with Gasteiger partial charge in [0.2, 0.25) is 11.8 Å². The Balaban J connectivity index is 0.000000165. The van der Waals surface area contributed by atoms with Crippen molar-refractivity contribution in [3.8, 4) is 0 Å². The Labute approximate surface area is 305 Å². The maximum atomic E-state index is 8.29. The van der Waals surface area contributed by atoms with Gasteiger partial charge in [0, 0.05) is 40.9 Å². The normalized spacial score (nSPS) is 15.7. The van der Waals surface area contributed by atoms with Crippen molar-refractivity contribution < 1.29 is 25.7 Å². The summed E-state index contributed by atoms with van der Waals surface area (Å²) in [6.07, 6.45) is 1.93. The third-order valence-corrected chi connectivity index (χ3v) is 9.27. The SMILES string of the molecule is CCN1c2ccc(I)cc2CC1c1nc2cc(C)ccc2o1.CCN1c2ccccc2CC1c1nc2cc(C)ccc2o1.O=S=O.O=S=O. The van der Waals surface area contributed by atoms with Gasteiger partial charge in [-0.3, -0.25) is 0 Å². The van der Waals surface area contributed by atoms with Gasteiger partial charge in [-0.15, -0.1) is 0 Å². The highest BCUT2D eigenvalue weighted by molar-refractivity contribution is 14.1. The average molecular weight is 811 g/mol. The molecular weight excluding hydrogens is 775 g/mol. The number of anilines is 2. The largest absolute Gasteiger partial charge is 0.438 e. The van der Waals surface area contributed by atoms with Crippen molar-refractivity contribution in [3.05, 3.63) is 116 Å². The molecule has 0 spiro atoms. The molecule has 0 bridgehead atoms. The number of halogens is 1. The molecule has 2 aliphatic rings. The van der Waals surface area contributed by atoms with Crippen LogP contribution >= 0.6 is 22.6 Å². The van der Waals surface area contributed by atoms with Crippen LogP contribution in [0.15, 0.2) is 87.7 Å². The fourth-order valence-electron chi connectivity index (χ4n) is 6.55. The zero-order valence-electron chi connectivity index (χ0n) is 27.4. The first-order valence-corrected chi connectivity index (χ1v) is 18.1. The monoisotopic (exact) mass is 810 g/mol. The number of aromatic nitrogens is 2. The Morgan fingerprint density at radius 3 is 1.65 bits per heavy atom. The smallest absolute Gasteiger partial charge is 0.335 e. The van der Waals surface area contributed by atoms with E-state index in [0.29, 0.717) is 0 Å². The Morgan fingerprint density at radius 1 is 0.673 bits per heavy atom. The van der Waals surface area contributed by atoms with Gasteiger partial charge in [-0.05, 0) is 121 Å². The predicted molar refractivity (Wildman–Crippen MR) is 200 cm³/mol. The van der Waals surface area contributed by atoms with Gasteiger partial charge in [-0.2, -0.15) is 16.8 Å². The minimum Gasteiger partial charge on any atom is -0.438 e. The third-order valence-electron chi connectivity index (χ3n) is 8.60. The minimum atomic E-state index is -0.750.